The highest BCUT2D eigenvalue weighted by atomic mass is 35.5. The van der Waals surface area contributed by atoms with Crippen LogP contribution in [0.25, 0.3) is 0 Å². The first kappa shape index (κ1) is 12.5. The Morgan fingerprint density at radius 3 is 2.67 bits per heavy atom. The van der Waals surface area contributed by atoms with E-state index in [0.29, 0.717) is 27.6 Å². The van der Waals surface area contributed by atoms with Gasteiger partial charge in [-0.3, -0.25) is 4.79 Å². The fourth-order valence-electron chi connectivity index (χ4n) is 1.64. The Morgan fingerprint density at radius 1 is 1.22 bits per heavy atom. The van der Waals surface area contributed by atoms with E-state index in [0.717, 1.165) is 0 Å². The van der Waals surface area contributed by atoms with E-state index in [-0.39, 0.29) is 5.78 Å². The zero-order valence-electron chi connectivity index (χ0n) is 9.81. The molecular formula is C14H12ClNO2. The Kier molecular flexibility index (Phi) is 3.53. The summed E-state index contributed by atoms with van der Waals surface area (Å²) in [6.07, 6.45) is 0. The van der Waals surface area contributed by atoms with Crippen molar-refractivity contribution in [1.29, 1.82) is 0 Å². The number of halogens is 1. The van der Waals surface area contributed by atoms with Crippen LogP contribution < -0.4 is 10.5 Å². The van der Waals surface area contributed by atoms with Gasteiger partial charge in [0.25, 0.3) is 0 Å². The third-order valence-electron chi connectivity index (χ3n) is 2.57. The second-order valence-electron chi connectivity index (χ2n) is 3.80. The van der Waals surface area contributed by atoms with Crippen molar-refractivity contribution in [3.8, 4) is 5.75 Å². The van der Waals surface area contributed by atoms with Gasteiger partial charge in [0.2, 0.25) is 0 Å². The largest absolute Gasteiger partial charge is 0.497 e. The second-order valence-corrected chi connectivity index (χ2v) is 4.21. The van der Waals surface area contributed by atoms with Crippen molar-refractivity contribution in [2.75, 3.05) is 12.8 Å². The highest BCUT2D eigenvalue weighted by molar-refractivity contribution is 6.35. The fraction of sp³-hybridized carbons (Fsp3) is 0.0714. The van der Waals surface area contributed by atoms with Crippen LogP contribution in [0.15, 0.2) is 42.5 Å². The second kappa shape index (κ2) is 5.10. The van der Waals surface area contributed by atoms with Gasteiger partial charge in [0.05, 0.1) is 12.1 Å². The molecule has 2 aromatic carbocycles. The highest BCUT2D eigenvalue weighted by Crippen LogP contribution is 2.23. The average molecular weight is 262 g/mol. The smallest absolute Gasteiger partial charge is 0.194 e. The maximum absolute atomic E-state index is 12.3. The molecule has 0 aliphatic heterocycles. The normalized spacial score (nSPS) is 10.1. The molecule has 0 bridgehead atoms. The summed E-state index contributed by atoms with van der Waals surface area (Å²) in [6, 6.07) is 11.8. The summed E-state index contributed by atoms with van der Waals surface area (Å²) in [5, 5.41) is 0.350. The zero-order valence-corrected chi connectivity index (χ0v) is 10.6. The predicted molar refractivity (Wildman–Crippen MR) is 72.3 cm³/mol. The van der Waals surface area contributed by atoms with Crippen molar-refractivity contribution in [3.05, 3.63) is 58.6 Å². The molecule has 0 saturated carbocycles. The van der Waals surface area contributed by atoms with Gasteiger partial charge in [-0.1, -0.05) is 23.7 Å². The molecular weight excluding hydrogens is 250 g/mol. The first-order valence-electron chi connectivity index (χ1n) is 5.35. The van der Waals surface area contributed by atoms with Gasteiger partial charge in [-0.25, -0.2) is 0 Å². The maximum Gasteiger partial charge on any atom is 0.194 e. The Morgan fingerprint density at radius 2 is 2.00 bits per heavy atom. The quantitative estimate of drug-likeness (QED) is 0.682. The van der Waals surface area contributed by atoms with E-state index in [2.05, 4.69) is 0 Å². The van der Waals surface area contributed by atoms with Gasteiger partial charge >= 0.3 is 0 Å². The Balaban J connectivity index is 2.41. The minimum atomic E-state index is -0.154. The Bertz CT molecular complexity index is 596. The number of methoxy groups -OCH3 is 1. The molecule has 0 atom stereocenters. The van der Waals surface area contributed by atoms with Crippen LogP contribution in [-0.4, -0.2) is 12.9 Å². The summed E-state index contributed by atoms with van der Waals surface area (Å²) in [5.74, 6) is 0.478. The number of nitrogen functional groups attached to an aromatic ring is 1. The average Bonchev–Trinajstić information content (AvgIpc) is 2.38. The minimum Gasteiger partial charge on any atom is -0.497 e. The minimum absolute atomic E-state index is 0.154. The van der Waals surface area contributed by atoms with E-state index in [9.17, 15) is 4.79 Å². The van der Waals surface area contributed by atoms with E-state index in [1.165, 1.54) is 0 Å². The van der Waals surface area contributed by atoms with Crippen molar-refractivity contribution in [2.24, 2.45) is 0 Å². The SMILES string of the molecule is COc1cccc(C(=O)c2ccc(N)cc2Cl)c1. The zero-order chi connectivity index (χ0) is 13.1. The third kappa shape index (κ3) is 2.46. The lowest BCUT2D eigenvalue weighted by atomic mass is 10.0. The van der Waals surface area contributed by atoms with Gasteiger partial charge in [-0.2, -0.15) is 0 Å². The van der Waals surface area contributed by atoms with Crippen LogP contribution in [0, 0.1) is 0 Å². The van der Waals surface area contributed by atoms with E-state index < -0.39 is 0 Å². The number of nitrogens with two attached hydrogens (primary N) is 1. The number of anilines is 1. The van der Waals surface area contributed by atoms with Crippen LogP contribution in [-0.2, 0) is 0 Å². The number of carbonyl (C=O) groups is 1. The van der Waals surface area contributed by atoms with Crippen molar-refractivity contribution < 1.29 is 9.53 Å². The number of ketones is 1. The summed E-state index contributed by atoms with van der Waals surface area (Å²) in [6.45, 7) is 0. The molecule has 92 valence electrons. The summed E-state index contributed by atoms with van der Waals surface area (Å²) < 4.78 is 5.09. The molecule has 0 aliphatic rings. The summed E-state index contributed by atoms with van der Waals surface area (Å²) in [7, 11) is 1.56. The van der Waals surface area contributed by atoms with Gasteiger partial charge in [0.1, 0.15) is 5.75 Å². The van der Waals surface area contributed by atoms with Crippen LogP contribution in [0.2, 0.25) is 5.02 Å². The molecule has 0 unspecified atom stereocenters. The molecule has 0 amide bonds. The van der Waals surface area contributed by atoms with Crippen molar-refractivity contribution in [3.63, 3.8) is 0 Å². The van der Waals surface area contributed by atoms with Crippen LogP contribution in [0.3, 0.4) is 0 Å². The molecule has 2 rings (SSSR count). The van der Waals surface area contributed by atoms with Gasteiger partial charge < -0.3 is 10.5 Å². The number of carbonyl (C=O) groups excluding carboxylic acids is 1. The van der Waals surface area contributed by atoms with E-state index >= 15 is 0 Å². The number of benzene rings is 2. The molecule has 0 fully saturated rings. The third-order valence-corrected chi connectivity index (χ3v) is 2.88. The Labute approximate surface area is 110 Å². The predicted octanol–water partition coefficient (Wildman–Crippen LogP) is 3.16. The van der Waals surface area contributed by atoms with Gasteiger partial charge in [-0.05, 0) is 30.3 Å². The van der Waals surface area contributed by atoms with E-state index in [4.69, 9.17) is 22.1 Å². The standard InChI is InChI=1S/C14H12ClNO2/c1-18-11-4-2-3-9(7-11)14(17)12-6-5-10(16)8-13(12)15/h2-8H,16H2,1H3. The molecule has 4 heteroatoms. The number of hydrogen-bond acceptors (Lipinski definition) is 3. The van der Waals surface area contributed by atoms with Gasteiger partial charge in [0.15, 0.2) is 5.78 Å². The number of rotatable bonds is 3. The summed E-state index contributed by atoms with van der Waals surface area (Å²) in [4.78, 5) is 12.3. The number of hydrogen-bond donors (Lipinski definition) is 1. The van der Waals surface area contributed by atoms with Gasteiger partial charge in [0, 0.05) is 16.8 Å². The van der Waals surface area contributed by atoms with E-state index in [1.54, 1.807) is 49.6 Å². The lowest BCUT2D eigenvalue weighted by Crippen LogP contribution is -2.03. The number of ether oxygens (including phenoxy) is 1. The van der Waals surface area contributed by atoms with Crippen LogP contribution in [0.1, 0.15) is 15.9 Å². The van der Waals surface area contributed by atoms with Crippen LogP contribution >= 0.6 is 11.6 Å². The molecule has 0 aromatic heterocycles. The highest BCUT2D eigenvalue weighted by Gasteiger charge is 2.13. The molecule has 0 spiro atoms. The topological polar surface area (TPSA) is 52.3 Å². The van der Waals surface area contributed by atoms with Crippen molar-refractivity contribution >= 4 is 23.1 Å². The fourth-order valence-corrected chi connectivity index (χ4v) is 1.91. The summed E-state index contributed by atoms with van der Waals surface area (Å²) in [5.41, 5.74) is 7.08. The maximum atomic E-state index is 12.3. The van der Waals surface area contributed by atoms with E-state index in [1.807, 2.05) is 0 Å². The van der Waals surface area contributed by atoms with Crippen molar-refractivity contribution in [1.82, 2.24) is 0 Å². The molecule has 0 radical (unpaired) electrons. The molecule has 2 aromatic rings. The molecule has 18 heavy (non-hydrogen) atoms. The molecule has 0 saturated heterocycles. The first-order valence-corrected chi connectivity index (χ1v) is 5.73. The molecule has 2 N–H and O–H groups in total. The molecule has 3 nitrogen and oxygen atoms in total. The molecule has 0 aliphatic carbocycles. The van der Waals surface area contributed by atoms with Crippen LogP contribution in [0.5, 0.6) is 5.75 Å². The van der Waals surface area contributed by atoms with Crippen LogP contribution in [0.4, 0.5) is 5.69 Å². The molecule has 0 heterocycles. The first-order chi connectivity index (χ1) is 8.61. The Hall–Kier alpha value is -2.00. The van der Waals surface area contributed by atoms with Gasteiger partial charge in [-0.15, -0.1) is 0 Å². The van der Waals surface area contributed by atoms with Crippen molar-refractivity contribution in [2.45, 2.75) is 0 Å². The lowest BCUT2D eigenvalue weighted by Gasteiger charge is -2.06. The monoisotopic (exact) mass is 261 g/mol. The lowest BCUT2D eigenvalue weighted by molar-refractivity contribution is 0.103. The summed E-state index contributed by atoms with van der Waals surface area (Å²) >= 11 is 6.02.